The number of rotatable bonds is 5. The molecular formula is C16H27NO3. The van der Waals surface area contributed by atoms with E-state index >= 15 is 0 Å². The van der Waals surface area contributed by atoms with Gasteiger partial charge in [-0.1, -0.05) is 38.1 Å². The highest BCUT2D eigenvalue weighted by Crippen LogP contribution is 2.08. The van der Waals surface area contributed by atoms with E-state index in [9.17, 15) is 4.79 Å². The van der Waals surface area contributed by atoms with Gasteiger partial charge in [0.1, 0.15) is 5.78 Å². The number of nitrogens with two attached hydrogens (primary N) is 1. The Kier molecular flexibility index (Phi) is 14.2. The Morgan fingerprint density at radius 1 is 1.25 bits per heavy atom. The fraction of sp³-hybridized carbons (Fsp3) is 0.500. The number of ketones is 1. The predicted molar refractivity (Wildman–Crippen MR) is 82.8 cm³/mol. The molecule has 0 fully saturated rings. The number of hydrogen-bond acceptors (Lipinski definition) is 3. The van der Waals surface area contributed by atoms with Gasteiger partial charge in [0, 0.05) is 12.5 Å². The summed E-state index contributed by atoms with van der Waals surface area (Å²) in [6.07, 6.45) is 2.38. The Labute approximate surface area is 122 Å². The molecule has 1 unspecified atom stereocenters. The zero-order valence-corrected chi connectivity index (χ0v) is 12.9. The lowest BCUT2D eigenvalue weighted by Crippen LogP contribution is -2.17. The molecule has 1 aromatic carbocycles. The van der Waals surface area contributed by atoms with Crippen LogP contribution in [-0.4, -0.2) is 23.4 Å². The normalized spacial score (nSPS) is 10.2. The fourth-order valence-corrected chi connectivity index (χ4v) is 1.53. The first kappa shape index (κ1) is 20.6. The average Bonchev–Trinajstić information content (AvgIpc) is 2.40. The number of carboxylic acid groups (broad SMARTS) is 1. The molecule has 1 atom stereocenters. The molecule has 0 radical (unpaired) electrons. The first-order valence-corrected chi connectivity index (χ1v) is 6.90. The van der Waals surface area contributed by atoms with Gasteiger partial charge in [-0.2, -0.15) is 0 Å². The van der Waals surface area contributed by atoms with Crippen molar-refractivity contribution in [2.24, 2.45) is 5.73 Å². The van der Waals surface area contributed by atoms with Crippen LogP contribution in [0.1, 0.15) is 45.2 Å². The van der Waals surface area contributed by atoms with E-state index in [1.807, 2.05) is 20.8 Å². The number of Topliss-reactive ketones (excluding diaryl/α,β-unsaturated/α-hetero) is 1. The SMILES string of the molecule is CC.CC(=O)CCc1ccc(CC(C)N)cc1.O=CO. The summed E-state index contributed by atoms with van der Waals surface area (Å²) in [4.78, 5) is 19.2. The van der Waals surface area contributed by atoms with E-state index in [4.69, 9.17) is 15.6 Å². The summed E-state index contributed by atoms with van der Waals surface area (Å²) in [7, 11) is 0. The number of benzene rings is 1. The van der Waals surface area contributed by atoms with Crippen molar-refractivity contribution >= 4 is 12.3 Å². The Hall–Kier alpha value is -1.68. The van der Waals surface area contributed by atoms with Gasteiger partial charge in [-0.15, -0.1) is 0 Å². The molecule has 1 aromatic rings. The van der Waals surface area contributed by atoms with Crippen molar-refractivity contribution in [2.45, 2.75) is 53.0 Å². The van der Waals surface area contributed by atoms with Crippen LogP contribution in [-0.2, 0) is 22.4 Å². The summed E-state index contributed by atoms with van der Waals surface area (Å²) >= 11 is 0. The van der Waals surface area contributed by atoms with Crippen LogP contribution in [0.4, 0.5) is 0 Å². The van der Waals surface area contributed by atoms with Crippen molar-refractivity contribution < 1.29 is 14.7 Å². The average molecular weight is 281 g/mol. The smallest absolute Gasteiger partial charge is 0.290 e. The van der Waals surface area contributed by atoms with Crippen LogP contribution in [0.25, 0.3) is 0 Å². The number of hydrogen-bond donors (Lipinski definition) is 2. The molecule has 4 nitrogen and oxygen atoms in total. The van der Waals surface area contributed by atoms with Gasteiger partial charge in [-0.05, 0) is 37.8 Å². The molecule has 20 heavy (non-hydrogen) atoms. The highest BCUT2D eigenvalue weighted by Gasteiger charge is 1.99. The van der Waals surface area contributed by atoms with Crippen LogP contribution < -0.4 is 5.73 Å². The van der Waals surface area contributed by atoms with Crippen molar-refractivity contribution in [2.75, 3.05) is 0 Å². The monoisotopic (exact) mass is 281 g/mol. The number of aryl methyl sites for hydroxylation is 1. The van der Waals surface area contributed by atoms with Gasteiger partial charge in [0.05, 0.1) is 0 Å². The van der Waals surface area contributed by atoms with Crippen molar-refractivity contribution in [1.82, 2.24) is 0 Å². The van der Waals surface area contributed by atoms with Gasteiger partial charge in [0.15, 0.2) is 0 Å². The Morgan fingerprint density at radius 3 is 2.00 bits per heavy atom. The second kappa shape index (κ2) is 13.7. The summed E-state index contributed by atoms with van der Waals surface area (Å²) in [6, 6.07) is 8.56. The summed E-state index contributed by atoms with van der Waals surface area (Å²) in [5, 5.41) is 6.89. The van der Waals surface area contributed by atoms with E-state index in [2.05, 4.69) is 24.3 Å². The Bertz CT molecular complexity index is 358. The van der Waals surface area contributed by atoms with Crippen LogP contribution in [0.15, 0.2) is 24.3 Å². The highest BCUT2D eigenvalue weighted by atomic mass is 16.3. The molecule has 0 bridgehead atoms. The lowest BCUT2D eigenvalue weighted by molar-refractivity contribution is -0.123. The summed E-state index contributed by atoms with van der Waals surface area (Å²) in [6.45, 7) is 7.38. The van der Waals surface area contributed by atoms with Crippen molar-refractivity contribution in [3.8, 4) is 0 Å². The molecule has 0 heterocycles. The topological polar surface area (TPSA) is 80.4 Å². The highest BCUT2D eigenvalue weighted by molar-refractivity contribution is 5.75. The molecule has 0 amide bonds. The standard InChI is InChI=1S/C13H19NO.C2H6.CH2O2/c1-10(14)9-13-7-5-12(6-8-13)4-3-11(2)15;1-2;2-1-3/h5-8,10H,3-4,9,14H2,1-2H3;1-2H3;1H,(H,2,3). The van der Waals surface area contributed by atoms with E-state index in [0.717, 1.165) is 12.8 Å². The molecule has 0 aliphatic heterocycles. The Morgan fingerprint density at radius 2 is 1.65 bits per heavy atom. The summed E-state index contributed by atoms with van der Waals surface area (Å²) < 4.78 is 0. The minimum Gasteiger partial charge on any atom is -0.483 e. The third-order valence-corrected chi connectivity index (χ3v) is 2.35. The molecule has 0 aliphatic carbocycles. The fourth-order valence-electron chi connectivity index (χ4n) is 1.53. The number of carbonyl (C=O) groups is 2. The maximum absolute atomic E-state index is 10.8. The number of carbonyl (C=O) groups excluding carboxylic acids is 1. The van der Waals surface area contributed by atoms with E-state index in [1.54, 1.807) is 6.92 Å². The summed E-state index contributed by atoms with van der Waals surface area (Å²) in [5.41, 5.74) is 8.20. The third kappa shape index (κ3) is 12.8. The van der Waals surface area contributed by atoms with Crippen LogP contribution in [0.2, 0.25) is 0 Å². The molecule has 0 saturated heterocycles. The maximum atomic E-state index is 10.8. The second-order valence-electron chi connectivity index (χ2n) is 4.31. The predicted octanol–water partition coefficient (Wildman–Crippen LogP) is 2.82. The van der Waals surface area contributed by atoms with Crippen molar-refractivity contribution in [3.05, 3.63) is 35.4 Å². The lowest BCUT2D eigenvalue weighted by atomic mass is 10.0. The van der Waals surface area contributed by atoms with Gasteiger partial charge in [-0.3, -0.25) is 4.79 Å². The molecule has 0 saturated carbocycles. The van der Waals surface area contributed by atoms with E-state index in [0.29, 0.717) is 6.42 Å². The molecule has 0 aromatic heterocycles. The van der Waals surface area contributed by atoms with Gasteiger partial charge < -0.3 is 15.6 Å². The van der Waals surface area contributed by atoms with Crippen LogP contribution in [0.5, 0.6) is 0 Å². The molecule has 1 rings (SSSR count). The molecule has 114 valence electrons. The van der Waals surface area contributed by atoms with Crippen molar-refractivity contribution in [3.63, 3.8) is 0 Å². The van der Waals surface area contributed by atoms with Crippen LogP contribution in [0, 0.1) is 0 Å². The zero-order chi connectivity index (χ0) is 16.0. The second-order valence-corrected chi connectivity index (χ2v) is 4.31. The first-order chi connectivity index (χ1) is 9.49. The summed E-state index contributed by atoms with van der Waals surface area (Å²) in [5.74, 6) is 0.245. The van der Waals surface area contributed by atoms with Gasteiger partial charge in [-0.25, -0.2) is 0 Å². The quantitative estimate of drug-likeness (QED) is 0.813. The van der Waals surface area contributed by atoms with Gasteiger partial charge in [0.2, 0.25) is 0 Å². The van der Waals surface area contributed by atoms with E-state index in [-0.39, 0.29) is 18.3 Å². The zero-order valence-electron chi connectivity index (χ0n) is 12.9. The largest absolute Gasteiger partial charge is 0.483 e. The molecular weight excluding hydrogens is 254 g/mol. The van der Waals surface area contributed by atoms with Gasteiger partial charge >= 0.3 is 0 Å². The van der Waals surface area contributed by atoms with Crippen molar-refractivity contribution in [1.29, 1.82) is 0 Å². The van der Waals surface area contributed by atoms with Crippen LogP contribution in [0.3, 0.4) is 0 Å². The van der Waals surface area contributed by atoms with Crippen LogP contribution >= 0.6 is 0 Å². The molecule has 0 spiro atoms. The van der Waals surface area contributed by atoms with E-state index in [1.165, 1.54) is 11.1 Å². The molecule has 4 heteroatoms. The molecule has 0 aliphatic rings. The maximum Gasteiger partial charge on any atom is 0.290 e. The van der Waals surface area contributed by atoms with E-state index < -0.39 is 0 Å². The third-order valence-electron chi connectivity index (χ3n) is 2.35. The lowest BCUT2D eigenvalue weighted by Gasteiger charge is -2.06. The van der Waals surface area contributed by atoms with Gasteiger partial charge in [0.25, 0.3) is 6.47 Å². The minimum atomic E-state index is -0.250. The minimum absolute atomic E-state index is 0.202. The molecule has 3 N–H and O–H groups in total. The Balaban J connectivity index is 0. The first-order valence-electron chi connectivity index (χ1n) is 6.90.